The summed E-state index contributed by atoms with van der Waals surface area (Å²) < 4.78 is 2.40. The molecule has 1 heterocycles. The van der Waals surface area contributed by atoms with E-state index in [1.165, 1.54) is 60.4 Å². The SMILES string of the molecule is c1ccc(-c2ccc(N(c3ccc(-c4ccc5ccccc5c4-c4ccccc4)cc3)c3ccc4c5ccccc5n(-c5ccccc5)c4c3)c(-c3ccccc3)c2)cc1. The Hall–Kier alpha value is -7.94. The summed E-state index contributed by atoms with van der Waals surface area (Å²) in [5.74, 6) is 0. The summed E-state index contributed by atoms with van der Waals surface area (Å²) in [6, 6.07) is 87.9. The molecular formula is C58H40N2. The van der Waals surface area contributed by atoms with Crippen molar-refractivity contribution in [2.45, 2.75) is 0 Å². The number of nitrogens with zero attached hydrogens (tertiary/aromatic N) is 2. The molecule has 282 valence electrons. The van der Waals surface area contributed by atoms with Gasteiger partial charge in [0.15, 0.2) is 0 Å². The van der Waals surface area contributed by atoms with Crippen molar-refractivity contribution < 1.29 is 0 Å². The van der Waals surface area contributed by atoms with Crippen LogP contribution in [0.5, 0.6) is 0 Å². The summed E-state index contributed by atoms with van der Waals surface area (Å²) in [6.07, 6.45) is 0. The molecule has 0 radical (unpaired) electrons. The highest BCUT2D eigenvalue weighted by molar-refractivity contribution is 6.11. The van der Waals surface area contributed by atoms with Crippen LogP contribution in [0.4, 0.5) is 17.1 Å². The first-order valence-corrected chi connectivity index (χ1v) is 20.6. The van der Waals surface area contributed by atoms with E-state index in [0.717, 1.165) is 39.4 Å². The third kappa shape index (κ3) is 6.23. The van der Waals surface area contributed by atoms with Crippen LogP contribution in [-0.4, -0.2) is 4.57 Å². The van der Waals surface area contributed by atoms with Gasteiger partial charge in [-0.1, -0.05) is 188 Å². The van der Waals surface area contributed by atoms with Gasteiger partial charge in [0.1, 0.15) is 0 Å². The maximum atomic E-state index is 2.44. The molecule has 0 spiro atoms. The van der Waals surface area contributed by atoms with E-state index in [1.807, 2.05) is 0 Å². The van der Waals surface area contributed by atoms with Crippen LogP contribution >= 0.6 is 0 Å². The van der Waals surface area contributed by atoms with Gasteiger partial charge in [0, 0.05) is 33.4 Å². The summed E-state index contributed by atoms with van der Waals surface area (Å²) in [5.41, 5.74) is 16.3. The van der Waals surface area contributed by atoms with Crippen LogP contribution in [0, 0.1) is 0 Å². The van der Waals surface area contributed by atoms with Crippen molar-refractivity contribution in [3.63, 3.8) is 0 Å². The molecule has 11 rings (SSSR count). The number of rotatable bonds is 8. The van der Waals surface area contributed by atoms with Crippen LogP contribution in [0.25, 0.3) is 82.8 Å². The Morgan fingerprint density at radius 3 is 1.58 bits per heavy atom. The molecule has 2 nitrogen and oxygen atoms in total. The number of fused-ring (bicyclic) bond motifs is 4. The average molecular weight is 765 g/mol. The molecule has 0 aliphatic heterocycles. The lowest BCUT2D eigenvalue weighted by Crippen LogP contribution is -2.11. The zero-order chi connectivity index (χ0) is 39.8. The molecule has 60 heavy (non-hydrogen) atoms. The van der Waals surface area contributed by atoms with Crippen molar-refractivity contribution >= 4 is 49.6 Å². The molecule has 1 aromatic heterocycles. The lowest BCUT2D eigenvalue weighted by molar-refractivity contribution is 1.18. The fraction of sp³-hybridized carbons (Fsp3) is 0. The van der Waals surface area contributed by atoms with E-state index in [4.69, 9.17) is 0 Å². The Morgan fingerprint density at radius 1 is 0.300 bits per heavy atom. The van der Waals surface area contributed by atoms with Crippen molar-refractivity contribution in [1.29, 1.82) is 0 Å². The molecule has 0 aliphatic rings. The maximum absolute atomic E-state index is 2.44. The first-order chi connectivity index (χ1) is 29.8. The summed E-state index contributed by atoms with van der Waals surface area (Å²) >= 11 is 0. The Labute approximate surface area is 350 Å². The highest BCUT2D eigenvalue weighted by atomic mass is 15.1. The Kier molecular flexibility index (Phi) is 8.87. The second-order valence-corrected chi connectivity index (χ2v) is 15.3. The van der Waals surface area contributed by atoms with E-state index >= 15 is 0 Å². The molecule has 0 bridgehead atoms. The first kappa shape index (κ1) is 35.2. The lowest BCUT2D eigenvalue weighted by atomic mass is 9.89. The van der Waals surface area contributed by atoms with Crippen molar-refractivity contribution in [3.8, 4) is 50.2 Å². The number of anilines is 3. The molecule has 0 N–H and O–H groups in total. The lowest BCUT2D eigenvalue weighted by Gasteiger charge is -2.29. The summed E-state index contributed by atoms with van der Waals surface area (Å²) in [4.78, 5) is 2.44. The topological polar surface area (TPSA) is 8.17 Å². The van der Waals surface area contributed by atoms with Crippen molar-refractivity contribution in [2.75, 3.05) is 4.90 Å². The van der Waals surface area contributed by atoms with Crippen LogP contribution in [0.3, 0.4) is 0 Å². The fourth-order valence-corrected chi connectivity index (χ4v) is 8.99. The van der Waals surface area contributed by atoms with E-state index in [0.29, 0.717) is 0 Å². The van der Waals surface area contributed by atoms with E-state index in [2.05, 4.69) is 252 Å². The van der Waals surface area contributed by atoms with Gasteiger partial charge in [0.2, 0.25) is 0 Å². The van der Waals surface area contributed by atoms with Crippen LogP contribution in [0.2, 0.25) is 0 Å². The third-order valence-corrected chi connectivity index (χ3v) is 11.8. The smallest absolute Gasteiger partial charge is 0.0561 e. The van der Waals surface area contributed by atoms with Gasteiger partial charge in [-0.3, -0.25) is 0 Å². The number of benzene rings is 10. The quantitative estimate of drug-likeness (QED) is 0.150. The zero-order valence-corrected chi connectivity index (χ0v) is 33.0. The van der Waals surface area contributed by atoms with Crippen LogP contribution in [0.1, 0.15) is 0 Å². The van der Waals surface area contributed by atoms with E-state index < -0.39 is 0 Å². The zero-order valence-electron chi connectivity index (χ0n) is 33.0. The molecular weight excluding hydrogens is 725 g/mol. The first-order valence-electron chi connectivity index (χ1n) is 20.6. The standard InChI is InChI=1S/C58H40N2/c1-5-17-41(18-6-1)46-32-38-56(54(39-46)42-19-7-2-8-20-42)59(49-35-37-53-52-27-15-16-28-55(52)60(57(53)40-49)47-24-11-4-12-25-47)48-33-29-44(30-34-48)51-36-31-43-21-13-14-26-50(43)58(51)45-22-9-3-10-23-45/h1-40H. The third-order valence-electron chi connectivity index (χ3n) is 11.8. The van der Waals surface area contributed by atoms with Crippen LogP contribution in [0.15, 0.2) is 243 Å². The molecule has 0 saturated carbocycles. The van der Waals surface area contributed by atoms with Gasteiger partial charge >= 0.3 is 0 Å². The van der Waals surface area contributed by atoms with E-state index in [-0.39, 0.29) is 0 Å². The Balaban J connectivity index is 1.14. The number of aromatic nitrogens is 1. The molecule has 0 atom stereocenters. The van der Waals surface area contributed by atoms with Crippen LogP contribution in [-0.2, 0) is 0 Å². The predicted octanol–water partition coefficient (Wildman–Crippen LogP) is 16.1. The normalized spacial score (nSPS) is 11.3. The molecule has 11 aromatic rings. The van der Waals surface area contributed by atoms with Gasteiger partial charge in [-0.2, -0.15) is 0 Å². The van der Waals surface area contributed by atoms with Gasteiger partial charge in [0.25, 0.3) is 0 Å². The Bertz CT molecular complexity index is 3280. The largest absolute Gasteiger partial charge is 0.310 e. The van der Waals surface area contributed by atoms with E-state index in [1.54, 1.807) is 0 Å². The Morgan fingerprint density at radius 2 is 0.850 bits per heavy atom. The summed E-state index contributed by atoms with van der Waals surface area (Å²) in [5, 5.41) is 4.94. The van der Waals surface area contributed by atoms with Gasteiger partial charge < -0.3 is 9.47 Å². The van der Waals surface area contributed by atoms with Crippen molar-refractivity contribution in [1.82, 2.24) is 4.57 Å². The minimum atomic E-state index is 1.08. The second-order valence-electron chi connectivity index (χ2n) is 15.3. The van der Waals surface area contributed by atoms with Gasteiger partial charge in [0.05, 0.1) is 16.7 Å². The molecule has 0 amide bonds. The molecule has 0 unspecified atom stereocenters. The highest BCUT2D eigenvalue weighted by Gasteiger charge is 2.21. The molecule has 0 fully saturated rings. The second kappa shape index (κ2) is 15.1. The van der Waals surface area contributed by atoms with E-state index in [9.17, 15) is 0 Å². The minimum Gasteiger partial charge on any atom is -0.310 e. The number of hydrogen-bond donors (Lipinski definition) is 0. The average Bonchev–Trinajstić information content (AvgIpc) is 3.66. The minimum absolute atomic E-state index is 1.08. The van der Waals surface area contributed by atoms with Gasteiger partial charge in [-0.25, -0.2) is 0 Å². The highest BCUT2D eigenvalue weighted by Crippen LogP contribution is 2.46. The molecule has 10 aromatic carbocycles. The number of para-hydroxylation sites is 2. The summed E-state index contributed by atoms with van der Waals surface area (Å²) in [6.45, 7) is 0. The molecule has 2 heteroatoms. The van der Waals surface area contributed by atoms with Crippen molar-refractivity contribution in [3.05, 3.63) is 243 Å². The maximum Gasteiger partial charge on any atom is 0.0561 e. The van der Waals surface area contributed by atoms with Crippen LogP contribution < -0.4 is 4.90 Å². The molecule has 0 saturated heterocycles. The predicted molar refractivity (Wildman–Crippen MR) is 255 cm³/mol. The molecule has 0 aliphatic carbocycles. The number of hydrogen-bond acceptors (Lipinski definition) is 1. The van der Waals surface area contributed by atoms with Crippen molar-refractivity contribution in [2.24, 2.45) is 0 Å². The summed E-state index contributed by atoms with van der Waals surface area (Å²) in [7, 11) is 0. The monoisotopic (exact) mass is 764 g/mol. The van der Waals surface area contributed by atoms with Gasteiger partial charge in [-0.15, -0.1) is 0 Å². The van der Waals surface area contributed by atoms with Gasteiger partial charge in [-0.05, 0) is 104 Å². The fourth-order valence-electron chi connectivity index (χ4n) is 8.99.